The number of hydrogen-bond acceptors (Lipinski definition) is 2. The van der Waals surface area contributed by atoms with Crippen LogP contribution >= 0.6 is 28.1 Å². The molecule has 6 heteroatoms. The highest BCUT2D eigenvalue weighted by atomic mass is 79.9. The number of anilines is 1. The molecule has 1 saturated heterocycles. The van der Waals surface area contributed by atoms with E-state index in [2.05, 4.69) is 107 Å². The van der Waals surface area contributed by atoms with Crippen LogP contribution in [0, 0.1) is 27.7 Å². The lowest BCUT2D eigenvalue weighted by atomic mass is 9.96. The van der Waals surface area contributed by atoms with Gasteiger partial charge in [-0.05, 0) is 115 Å². The van der Waals surface area contributed by atoms with Gasteiger partial charge in [0.1, 0.15) is 0 Å². The number of thiocarbonyl (C=S) groups is 1. The zero-order valence-corrected chi connectivity index (χ0v) is 22.1. The van der Waals surface area contributed by atoms with Gasteiger partial charge < -0.3 is 14.8 Å². The van der Waals surface area contributed by atoms with E-state index in [1.54, 1.807) is 0 Å². The molecule has 1 fully saturated rings. The molecule has 1 aliphatic rings. The normalized spacial score (nSPS) is 17.8. The molecule has 0 radical (unpaired) electrons. The first-order valence-corrected chi connectivity index (χ1v) is 12.6. The van der Waals surface area contributed by atoms with E-state index in [9.17, 15) is 0 Å². The van der Waals surface area contributed by atoms with Gasteiger partial charge in [0.05, 0.1) is 23.5 Å². The van der Waals surface area contributed by atoms with Crippen LogP contribution in [0.25, 0.3) is 5.69 Å². The van der Waals surface area contributed by atoms with Crippen molar-refractivity contribution in [3.63, 3.8) is 0 Å². The van der Waals surface area contributed by atoms with E-state index < -0.39 is 0 Å². The second-order valence-electron chi connectivity index (χ2n) is 8.96. The van der Waals surface area contributed by atoms with Crippen LogP contribution in [0.3, 0.4) is 0 Å². The van der Waals surface area contributed by atoms with Crippen molar-refractivity contribution >= 4 is 38.9 Å². The molecule has 2 atom stereocenters. The minimum atomic E-state index is -0.0670. The number of para-hydroxylation sites is 1. The SMILES string of the molecule is Cc1cc(C)cc(N2C(=S)NC(c3ccccn3)C2c2cc(C)n(-c3ccccc3Br)c2C)c1. The number of rotatable bonds is 4. The number of halogens is 1. The molecule has 0 amide bonds. The Labute approximate surface area is 214 Å². The highest BCUT2D eigenvalue weighted by Crippen LogP contribution is 2.44. The minimum absolute atomic E-state index is 0.0361. The second-order valence-corrected chi connectivity index (χ2v) is 10.2. The summed E-state index contributed by atoms with van der Waals surface area (Å²) < 4.78 is 3.38. The summed E-state index contributed by atoms with van der Waals surface area (Å²) >= 11 is 9.68. The van der Waals surface area contributed by atoms with Crippen LogP contribution in [0.4, 0.5) is 5.69 Å². The van der Waals surface area contributed by atoms with E-state index in [4.69, 9.17) is 17.2 Å². The highest BCUT2D eigenvalue weighted by molar-refractivity contribution is 9.10. The van der Waals surface area contributed by atoms with Gasteiger partial charge in [-0.1, -0.05) is 24.3 Å². The molecular formula is C28H27BrN4S. The Kier molecular flexibility index (Phi) is 6.04. The lowest BCUT2D eigenvalue weighted by Gasteiger charge is -2.29. The van der Waals surface area contributed by atoms with Crippen molar-refractivity contribution in [2.45, 2.75) is 39.8 Å². The summed E-state index contributed by atoms with van der Waals surface area (Å²) in [4.78, 5) is 6.97. The van der Waals surface area contributed by atoms with E-state index in [0.717, 1.165) is 26.7 Å². The van der Waals surface area contributed by atoms with Crippen LogP contribution in [0.5, 0.6) is 0 Å². The van der Waals surface area contributed by atoms with Crippen LogP contribution in [0.1, 0.15) is 45.9 Å². The van der Waals surface area contributed by atoms with Gasteiger partial charge >= 0.3 is 0 Å². The number of nitrogens with one attached hydrogen (secondary N) is 1. The van der Waals surface area contributed by atoms with Gasteiger partial charge in [0.25, 0.3) is 0 Å². The molecule has 0 aliphatic carbocycles. The van der Waals surface area contributed by atoms with E-state index in [1.807, 2.05) is 24.4 Å². The second kappa shape index (κ2) is 9.01. The molecule has 2 aromatic carbocycles. The van der Waals surface area contributed by atoms with Gasteiger partial charge in [-0.2, -0.15) is 0 Å². The number of aromatic nitrogens is 2. The van der Waals surface area contributed by atoms with E-state index in [0.29, 0.717) is 0 Å². The van der Waals surface area contributed by atoms with Crippen molar-refractivity contribution in [3.8, 4) is 5.69 Å². The Morgan fingerprint density at radius 1 is 0.912 bits per heavy atom. The Bertz CT molecular complexity index is 1360. The Morgan fingerprint density at radius 3 is 2.29 bits per heavy atom. The van der Waals surface area contributed by atoms with Gasteiger partial charge in [0, 0.05) is 27.7 Å². The van der Waals surface area contributed by atoms with Crippen LogP contribution in [-0.4, -0.2) is 14.7 Å². The van der Waals surface area contributed by atoms with Crippen LogP contribution in [0.15, 0.2) is 77.4 Å². The minimum Gasteiger partial charge on any atom is -0.351 e. The molecule has 4 nitrogen and oxygen atoms in total. The summed E-state index contributed by atoms with van der Waals surface area (Å²) in [5, 5.41) is 4.31. The first-order chi connectivity index (χ1) is 16.3. The predicted molar refractivity (Wildman–Crippen MR) is 147 cm³/mol. The fourth-order valence-electron chi connectivity index (χ4n) is 5.13. The van der Waals surface area contributed by atoms with E-state index in [-0.39, 0.29) is 12.1 Å². The number of benzene rings is 2. The fraction of sp³-hybridized carbons (Fsp3) is 0.214. The van der Waals surface area contributed by atoms with Gasteiger partial charge in [-0.15, -0.1) is 0 Å². The summed E-state index contributed by atoms with van der Waals surface area (Å²) in [5.74, 6) is 0. The average Bonchev–Trinajstić information content (AvgIpc) is 3.29. The summed E-state index contributed by atoms with van der Waals surface area (Å²) in [6, 6.07) is 23.2. The molecule has 34 heavy (non-hydrogen) atoms. The van der Waals surface area contributed by atoms with Crippen LogP contribution in [0.2, 0.25) is 0 Å². The summed E-state index contributed by atoms with van der Waals surface area (Å²) in [6.45, 7) is 8.62. The highest BCUT2D eigenvalue weighted by Gasteiger charge is 2.42. The van der Waals surface area contributed by atoms with Gasteiger partial charge in [0.15, 0.2) is 5.11 Å². The number of aryl methyl sites for hydroxylation is 3. The van der Waals surface area contributed by atoms with Crippen molar-refractivity contribution in [3.05, 3.63) is 111 Å². The van der Waals surface area contributed by atoms with Crippen molar-refractivity contribution in [2.75, 3.05) is 4.90 Å². The first-order valence-electron chi connectivity index (χ1n) is 11.4. The standard InChI is InChI=1S/C28H27BrN4S/c1-17-13-18(2)15-21(14-17)33-27(26(31-28(33)34)24-10-7-8-12-30-24)22-16-19(3)32(20(22)4)25-11-6-5-9-23(25)29/h5-16,26-27H,1-4H3,(H,31,34). The molecule has 3 heterocycles. The largest absolute Gasteiger partial charge is 0.351 e. The van der Waals surface area contributed by atoms with Gasteiger partial charge in [0.2, 0.25) is 0 Å². The molecule has 0 spiro atoms. The molecule has 0 saturated carbocycles. The van der Waals surface area contributed by atoms with Gasteiger partial charge in [-0.25, -0.2) is 0 Å². The molecular weight excluding hydrogens is 504 g/mol. The third kappa shape index (κ3) is 3.95. The molecule has 0 bridgehead atoms. The monoisotopic (exact) mass is 530 g/mol. The third-order valence-electron chi connectivity index (χ3n) is 6.46. The first kappa shape index (κ1) is 22.8. The Hall–Kier alpha value is -2.96. The summed E-state index contributed by atoms with van der Waals surface area (Å²) in [6.07, 6.45) is 1.85. The average molecular weight is 532 g/mol. The van der Waals surface area contributed by atoms with Gasteiger partial charge in [-0.3, -0.25) is 4.98 Å². The Balaban J connectivity index is 1.71. The molecule has 2 unspecified atom stereocenters. The quantitative estimate of drug-likeness (QED) is 0.286. The molecule has 5 rings (SSSR count). The maximum Gasteiger partial charge on any atom is 0.174 e. The molecule has 1 aliphatic heterocycles. The lowest BCUT2D eigenvalue weighted by Crippen LogP contribution is -2.29. The lowest BCUT2D eigenvalue weighted by molar-refractivity contribution is 0.565. The molecule has 172 valence electrons. The molecule has 2 aromatic heterocycles. The van der Waals surface area contributed by atoms with E-state index in [1.165, 1.54) is 28.1 Å². The number of nitrogens with zero attached hydrogens (tertiary/aromatic N) is 3. The smallest absolute Gasteiger partial charge is 0.174 e. The van der Waals surface area contributed by atoms with Crippen LogP contribution in [-0.2, 0) is 0 Å². The number of hydrogen-bond donors (Lipinski definition) is 1. The predicted octanol–water partition coefficient (Wildman–Crippen LogP) is 7.05. The topological polar surface area (TPSA) is 33.1 Å². The summed E-state index contributed by atoms with van der Waals surface area (Å²) in [5.41, 5.74) is 9.25. The van der Waals surface area contributed by atoms with Crippen LogP contribution < -0.4 is 10.2 Å². The zero-order valence-electron chi connectivity index (χ0n) is 19.7. The third-order valence-corrected chi connectivity index (χ3v) is 7.45. The zero-order chi connectivity index (χ0) is 24.0. The molecule has 4 aromatic rings. The van der Waals surface area contributed by atoms with Crippen molar-refractivity contribution < 1.29 is 0 Å². The maximum absolute atomic E-state index is 5.93. The number of pyridine rings is 1. The van der Waals surface area contributed by atoms with Crippen molar-refractivity contribution in [1.82, 2.24) is 14.9 Å². The van der Waals surface area contributed by atoms with Crippen molar-refractivity contribution in [2.24, 2.45) is 0 Å². The van der Waals surface area contributed by atoms with E-state index >= 15 is 0 Å². The summed E-state index contributed by atoms with van der Waals surface area (Å²) in [7, 11) is 0. The fourth-order valence-corrected chi connectivity index (χ4v) is 5.94. The Morgan fingerprint density at radius 2 is 1.62 bits per heavy atom. The maximum atomic E-state index is 5.93. The molecule has 1 N–H and O–H groups in total. The van der Waals surface area contributed by atoms with Crippen molar-refractivity contribution in [1.29, 1.82) is 0 Å².